The van der Waals surface area contributed by atoms with E-state index in [0.29, 0.717) is 6.42 Å². The molecule has 1 saturated heterocycles. The summed E-state index contributed by atoms with van der Waals surface area (Å²) >= 11 is 0. The van der Waals surface area contributed by atoms with Gasteiger partial charge in [0.15, 0.2) is 0 Å². The molecule has 0 spiro atoms. The van der Waals surface area contributed by atoms with Gasteiger partial charge in [-0.3, -0.25) is 9.69 Å². The first kappa shape index (κ1) is 17.5. The maximum atomic E-state index is 12.3. The molecule has 2 aromatic rings. The van der Waals surface area contributed by atoms with Crippen LogP contribution in [-0.4, -0.2) is 43.5 Å². The van der Waals surface area contributed by atoms with Gasteiger partial charge >= 0.3 is 0 Å². The maximum absolute atomic E-state index is 12.3. The Hall–Kier alpha value is -2.33. The number of hydrogen-bond donors (Lipinski definition) is 1. The Kier molecular flexibility index (Phi) is 5.71. The molecule has 4 nitrogen and oxygen atoms in total. The first-order valence-corrected chi connectivity index (χ1v) is 9.02. The van der Waals surface area contributed by atoms with Gasteiger partial charge in [-0.2, -0.15) is 0 Å². The molecular formula is C21H27N3O. The minimum Gasteiger partial charge on any atom is -0.369 e. The first-order chi connectivity index (χ1) is 12.1. The van der Waals surface area contributed by atoms with Crippen molar-refractivity contribution >= 4 is 17.3 Å². The van der Waals surface area contributed by atoms with Crippen LogP contribution in [0, 0.1) is 13.8 Å². The summed E-state index contributed by atoms with van der Waals surface area (Å²) in [4.78, 5) is 17.0. The van der Waals surface area contributed by atoms with Crippen LogP contribution in [0.15, 0.2) is 48.5 Å². The van der Waals surface area contributed by atoms with E-state index in [9.17, 15) is 4.79 Å². The molecule has 1 heterocycles. The molecule has 25 heavy (non-hydrogen) atoms. The Labute approximate surface area is 150 Å². The van der Waals surface area contributed by atoms with E-state index < -0.39 is 0 Å². The van der Waals surface area contributed by atoms with Crippen LogP contribution in [0.4, 0.5) is 11.4 Å². The highest BCUT2D eigenvalue weighted by Crippen LogP contribution is 2.18. The number of piperazine rings is 1. The molecule has 1 aliphatic rings. The van der Waals surface area contributed by atoms with Crippen molar-refractivity contribution in [1.82, 2.24) is 4.90 Å². The van der Waals surface area contributed by atoms with E-state index >= 15 is 0 Å². The van der Waals surface area contributed by atoms with Crippen molar-refractivity contribution in [2.75, 3.05) is 42.9 Å². The highest BCUT2D eigenvalue weighted by atomic mass is 16.1. The Morgan fingerprint density at radius 3 is 2.40 bits per heavy atom. The molecule has 2 aromatic carbocycles. The topological polar surface area (TPSA) is 35.6 Å². The fraction of sp³-hybridized carbons (Fsp3) is 0.381. The number of rotatable bonds is 5. The van der Waals surface area contributed by atoms with E-state index in [0.717, 1.165) is 44.0 Å². The summed E-state index contributed by atoms with van der Waals surface area (Å²) in [5, 5.41) is 3.05. The number of para-hydroxylation sites is 1. The third kappa shape index (κ3) is 4.60. The van der Waals surface area contributed by atoms with Crippen LogP contribution < -0.4 is 10.2 Å². The molecule has 0 saturated carbocycles. The Morgan fingerprint density at radius 1 is 0.960 bits per heavy atom. The van der Waals surface area contributed by atoms with Gasteiger partial charge in [0, 0.05) is 50.5 Å². The second-order valence-corrected chi connectivity index (χ2v) is 6.71. The lowest BCUT2D eigenvalue weighted by Gasteiger charge is -2.36. The molecule has 0 radical (unpaired) electrons. The molecule has 1 fully saturated rings. The van der Waals surface area contributed by atoms with Crippen molar-refractivity contribution in [3.05, 3.63) is 59.7 Å². The number of benzene rings is 2. The lowest BCUT2D eigenvalue weighted by molar-refractivity contribution is -0.116. The monoisotopic (exact) mass is 337 g/mol. The zero-order chi connectivity index (χ0) is 17.6. The molecular weight excluding hydrogens is 310 g/mol. The van der Waals surface area contributed by atoms with E-state index in [1.807, 2.05) is 25.1 Å². The van der Waals surface area contributed by atoms with Crippen molar-refractivity contribution in [3.8, 4) is 0 Å². The fourth-order valence-electron chi connectivity index (χ4n) is 3.23. The average molecular weight is 337 g/mol. The molecule has 4 heteroatoms. The van der Waals surface area contributed by atoms with Crippen molar-refractivity contribution in [2.24, 2.45) is 0 Å². The fourth-order valence-corrected chi connectivity index (χ4v) is 3.23. The van der Waals surface area contributed by atoms with Crippen molar-refractivity contribution < 1.29 is 4.79 Å². The number of nitrogens with one attached hydrogen (secondary N) is 1. The van der Waals surface area contributed by atoms with Gasteiger partial charge in [-0.25, -0.2) is 0 Å². The lowest BCUT2D eigenvalue weighted by Crippen LogP contribution is -2.47. The second kappa shape index (κ2) is 8.17. The predicted molar refractivity (Wildman–Crippen MR) is 104 cm³/mol. The standard InChI is InChI=1S/C21H27N3O/c1-17-7-6-10-20(18(17)2)22-21(25)11-12-23-13-15-24(16-14-23)19-8-4-3-5-9-19/h3-10H,11-16H2,1-2H3,(H,22,25). The molecule has 0 bridgehead atoms. The summed E-state index contributed by atoms with van der Waals surface area (Å²) in [6, 6.07) is 16.6. The van der Waals surface area contributed by atoms with Crippen molar-refractivity contribution in [1.29, 1.82) is 0 Å². The van der Waals surface area contributed by atoms with Gasteiger partial charge in [0.1, 0.15) is 0 Å². The van der Waals surface area contributed by atoms with Crippen LogP contribution >= 0.6 is 0 Å². The third-order valence-corrected chi connectivity index (χ3v) is 5.03. The van der Waals surface area contributed by atoms with E-state index in [4.69, 9.17) is 0 Å². The van der Waals surface area contributed by atoms with E-state index in [1.54, 1.807) is 0 Å². The van der Waals surface area contributed by atoms with Crippen molar-refractivity contribution in [2.45, 2.75) is 20.3 Å². The number of hydrogen-bond acceptors (Lipinski definition) is 3. The Balaban J connectivity index is 1.44. The highest BCUT2D eigenvalue weighted by molar-refractivity contribution is 5.91. The van der Waals surface area contributed by atoms with Crippen LogP contribution in [0.5, 0.6) is 0 Å². The molecule has 1 aliphatic heterocycles. The molecule has 0 aliphatic carbocycles. The van der Waals surface area contributed by atoms with Gasteiger partial charge < -0.3 is 10.2 Å². The van der Waals surface area contributed by atoms with Crippen molar-refractivity contribution in [3.63, 3.8) is 0 Å². The van der Waals surface area contributed by atoms with Gasteiger partial charge in [0.25, 0.3) is 0 Å². The third-order valence-electron chi connectivity index (χ3n) is 5.03. The largest absolute Gasteiger partial charge is 0.369 e. The zero-order valence-electron chi connectivity index (χ0n) is 15.2. The number of carbonyl (C=O) groups excluding carboxylic acids is 1. The summed E-state index contributed by atoms with van der Waals surface area (Å²) in [6.07, 6.45) is 0.540. The predicted octanol–water partition coefficient (Wildman–Crippen LogP) is 3.45. The molecule has 132 valence electrons. The SMILES string of the molecule is Cc1cccc(NC(=O)CCN2CCN(c3ccccc3)CC2)c1C. The van der Waals surface area contributed by atoms with Crippen LogP contribution in [0.1, 0.15) is 17.5 Å². The smallest absolute Gasteiger partial charge is 0.225 e. The number of aryl methyl sites for hydroxylation is 1. The van der Waals surface area contributed by atoms with E-state index in [-0.39, 0.29) is 5.91 Å². The number of nitrogens with zero attached hydrogens (tertiary/aromatic N) is 2. The van der Waals surface area contributed by atoms with Crippen LogP contribution in [0.2, 0.25) is 0 Å². The minimum absolute atomic E-state index is 0.0965. The Bertz CT molecular complexity index is 706. The molecule has 0 aromatic heterocycles. The summed E-state index contributed by atoms with van der Waals surface area (Å²) in [5.74, 6) is 0.0965. The molecule has 3 rings (SSSR count). The van der Waals surface area contributed by atoms with Gasteiger partial charge in [0.05, 0.1) is 0 Å². The molecule has 0 atom stereocenters. The van der Waals surface area contributed by atoms with E-state index in [2.05, 4.69) is 52.4 Å². The maximum Gasteiger partial charge on any atom is 0.225 e. The first-order valence-electron chi connectivity index (χ1n) is 9.02. The Morgan fingerprint density at radius 2 is 1.68 bits per heavy atom. The summed E-state index contributed by atoms with van der Waals surface area (Å²) < 4.78 is 0. The summed E-state index contributed by atoms with van der Waals surface area (Å²) in [6.45, 7) is 8.98. The van der Waals surface area contributed by atoms with Gasteiger partial charge in [0.2, 0.25) is 5.91 Å². The van der Waals surface area contributed by atoms with Crippen LogP contribution in [0.3, 0.4) is 0 Å². The van der Waals surface area contributed by atoms with Gasteiger partial charge in [-0.05, 0) is 43.2 Å². The van der Waals surface area contributed by atoms with Crippen LogP contribution in [-0.2, 0) is 4.79 Å². The quantitative estimate of drug-likeness (QED) is 0.908. The van der Waals surface area contributed by atoms with E-state index in [1.165, 1.54) is 11.3 Å². The normalized spacial score (nSPS) is 15.2. The lowest BCUT2D eigenvalue weighted by atomic mass is 10.1. The molecule has 1 N–H and O–H groups in total. The minimum atomic E-state index is 0.0965. The summed E-state index contributed by atoms with van der Waals surface area (Å²) in [7, 11) is 0. The van der Waals surface area contributed by atoms with Gasteiger partial charge in [-0.1, -0.05) is 30.3 Å². The second-order valence-electron chi connectivity index (χ2n) is 6.71. The molecule has 0 unspecified atom stereocenters. The number of carbonyl (C=O) groups is 1. The average Bonchev–Trinajstić information content (AvgIpc) is 2.65. The molecule has 1 amide bonds. The summed E-state index contributed by atoms with van der Waals surface area (Å²) in [5.41, 5.74) is 4.57. The highest BCUT2D eigenvalue weighted by Gasteiger charge is 2.17. The number of amides is 1. The zero-order valence-corrected chi connectivity index (χ0v) is 15.2. The number of anilines is 2. The van der Waals surface area contributed by atoms with Crippen LogP contribution in [0.25, 0.3) is 0 Å². The van der Waals surface area contributed by atoms with Gasteiger partial charge in [-0.15, -0.1) is 0 Å².